The Hall–Kier alpha value is -3.54. The van der Waals surface area contributed by atoms with Gasteiger partial charge in [0, 0.05) is 60.8 Å². The molecule has 29 heavy (non-hydrogen) atoms. The quantitative estimate of drug-likeness (QED) is 0.528. The third-order valence-corrected chi connectivity index (χ3v) is 5.12. The third-order valence-electron chi connectivity index (χ3n) is 5.12. The van der Waals surface area contributed by atoms with Crippen LogP contribution in [0.3, 0.4) is 0 Å². The van der Waals surface area contributed by atoms with Crippen molar-refractivity contribution >= 4 is 27.7 Å². The maximum Gasteiger partial charge on any atom is 0.221 e. The second kappa shape index (κ2) is 8.22. The number of hydrogen-bond acceptors (Lipinski definition) is 3. The van der Waals surface area contributed by atoms with Gasteiger partial charge in [0.05, 0.1) is 12.6 Å². The number of nitrogens with one attached hydrogen (secondary N) is 1. The second-order valence-electron chi connectivity index (χ2n) is 6.92. The molecule has 0 bridgehead atoms. The average Bonchev–Trinajstić information content (AvgIpc) is 3.15. The normalized spacial score (nSPS) is 11.1. The van der Waals surface area contributed by atoms with Crippen molar-refractivity contribution in [3.8, 4) is 5.75 Å². The number of aryl methyl sites for hydroxylation is 1. The van der Waals surface area contributed by atoms with Crippen molar-refractivity contribution < 1.29 is 9.53 Å². The molecule has 2 heterocycles. The van der Waals surface area contributed by atoms with Gasteiger partial charge in [0.15, 0.2) is 5.43 Å². The molecule has 4 aromatic rings. The molecule has 1 N–H and O–H groups in total. The lowest BCUT2D eigenvalue weighted by atomic mass is 10.2. The van der Waals surface area contributed by atoms with E-state index < -0.39 is 0 Å². The Morgan fingerprint density at radius 1 is 0.966 bits per heavy atom. The van der Waals surface area contributed by atoms with Crippen LogP contribution in [0.1, 0.15) is 6.42 Å². The first-order chi connectivity index (χ1) is 14.2. The fraction of sp³-hybridized carbons (Fsp3) is 0.217. The van der Waals surface area contributed by atoms with Gasteiger partial charge in [0.25, 0.3) is 0 Å². The minimum absolute atomic E-state index is 0.00197. The second-order valence-corrected chi connectivity index (χ2v) is 6.92. The Bertz CT molecular complexity index is 1220. The van der Waals surface area contributed by atoms with E-state index in [4.69, 9.17) is 4.74 Å². The average molecular weight is 389 g/mol. The molecule has 6 nitrogen and oxygen atoms in total. The fourth-order valence-corrected chi connectivity index (χ4v) is 3.58. The summed E-state index contributed by atoms with van der Waals surface area (Å²) >= 11 is 0. The molecular weight excluding hydrogens is 366 g/mol. The van der Waals surface area contributed by atoms with Gasteiger partial charge in [0.2, 0.25) is 5.91 Å². The minimum Gasteiger partial charge on any atom is -0.497 e. The van der Waals surface area contributed by atoms with E-state index in [1.165, 1.54) is 0 Å². The maximum absolute atomic E-state index is 12.3. The number of fused-ring (bicyclic) bond motifs is 2. The Morgan fingerprint density at radius 2 is 1.76 bits per heavy atom. The molecular formula is C23H23N3O3. The summed E-state index contributed by atoms with van der Waals surface area (Å²) in [5.41, 5.74) is 1.96. The molecule has 0 aliphatic heterocycles. The molecule has 0 aliphatic rings. The minimum atomic E-state index is -0.00841. The van der Waals surface area contributed by atoms with Crippen molar-refractivity contribution in [2.75, 3.05) is 13.7 Å². The lowest BCUT2D eigenvalue weighted by Gasteiger charge is -2.11. The van der Waals surface area contributed by atoms with Crippen LogP contribution >= 0.6 is 0 Å². The first kappa shape index (κ1) is 18.8. The summed E-state index contributed by atoms with van der Waals surface area (Å²) < 4.78 is 9.32. The highest BCUT2D eigenvalue weighted by Gasteiger charge is 2.06. The van der Waals surface area contributed by atoms with Crippen molar-refractivity contribution in [3.63, 3.8) is 0 Å². The van der Waals surface area contributed by atoms with Gasteiger partial charge in [0.1, 0.15) is 5.75 Å². The van der Waals surface area contributed by atoms with Crippen molar-refractivity contribution in [2.24, 2.45) is 0 Å². The standard InChI is InChI=1S/C23H23N3O3/c1-29-18-6-7-20-17(16-18)8-12-26(20)15-11-24-23(28)10-14-25-13-9-22(27)19-4-2-3-5-21(19)25/h2-9,12-13,16H,10-11,14-15H2,1H3,(H,24,28). The Balaban J connectivity index is 1.33. The first-order valence-electron chi connectivity index (χ1n) is 9.63. The molecule has 4 rings (SSSR count). The molecule has 0 radical (unpaired) electrons. The number of ether oxygens (including phenoxy) is 1. The van der Waals surface area contributed by atoms with Crippen LogP contribution in [-0.4, -0.2) is 28.7 Å². The van der Waals surface area contributed by atoms with E-state index >= 15 is 0 Å². The van der Waals surface area contributed by atoms with Gasteiger partial charge in [-0.25, -0.2) is 0 Å². The van der Waals surface area contributed by atoms with Crippen LogP contribution < -0.4 is 15.5 Å². The third kappa shape index (κ3) is 4.01. The fourth-order valence-electron chi connectivity index (χ4n) is 3.58. The predicted molar refractivity (Wildman–Crippen MR) is 114 cm³/mol. The summed E-state index contributed by atoms with van der Waals surface area (Å²) in [4.78, 5) is 24.2. The predicted octanol–water partition coefficient (Wildman–Crippen LogP) is 3.17. The van der Waals surface area contributed by atoms with Crippen LogP contribution in [0.2, 0.25) is 0 Å². The number of aromatic nitrogens is 2. The summed E-state index contributed by atoms with van der Waals surface area (Å²) in [5, 5.41) is 4.76. The SMILES string of the molecule is COc1ccc2c(ccn2CCNC(=O)CCn2ccc(=O)c3ccccc32)c1. The van der Waals surface area contributed by atoms with E-state index in [-0.39, 0.29) is 11.3 Å². The molecule has 0 saturated heterocycles. The van der Waals surface area contributed by atoms with Crippen LogP contribution in [0.15, 0.2) is 71.8 Å². The van der Waals surface area contributed by atoms with E-state index in [1.807, 2.05) is 59.3 Å². The van der Waals surface area contributed by atoms with Crippen molar-refractivity contribution in [2.45, 2.75) is 19.5 Å². The van der Waals surface area contributed by atoms with Crippen molar-refractivity contribution in [1.82, 2.24) is 14.5 Å². The number of pyridine rings is 1. The highest BCUT2D eigenvalue weighted by atomic mass is 16.5. The summed E-state index contributed by atoms with van der Waals surface area (Å²) in [6.45, 7) is 1.78. The summed E-state index contributed by atoms with van der Waals surface area (Å²) in [6.07, 6.45) is 4.12. The Morgan fingerprint density at radius 3 is 2.62 bits per heavy atom. The number of para-hydroxylation sites is 1. The number of carbonyl (C=O) groups excluding carboxylic acids is 1. The zero-order valence-electron chi connectivity index (χ0n) is 16.3. The van der Waals surface area contributed by atoms with Crippen LogP contribution in [0, 0.1) is 0 Å². The van der Waals surface area contributed by atoms with Gasteiger partial charge >= 0.3 is 0 Å². The van der Waals surface area contributed by atoms with Crippen LogP contribution in [0.4, 0.5) is 0 Å². The Kier molecular flexibility index (Phi) is 5.33. The molecule has 2 aromatic carbocycles. The smallest absolute Gasteiger partial charge is 0.221 e. The molecule has 6 heteroatoms. The molecule has 0 saturated carbocycles. The monoisotopic (exact) mass is 389 g/mol. The van der Waals surface area contributed by atoms with Gasteiger partial charge in [-0.2, -0.15) is 0 Å². The number of benzene rings is 2. The van der Waals surface area contributed by atoms with Crippen molar-refractivity contribution in [3.05, 3.63) is 77.2 Å². The van der Waals surface area contributed by atoms with E-state index in [0.717, 1.165) is 22.2 Å². The van der Waals surface area contributed by atoms with Gasteiger partial charge in [-0.15, -0.1) is 0 Å². The largest absolute Gasteiger partial charge is 0.497 e. The summed E-state index contributed by atoms with van der Waals surface area (Å²) in [7, 11) is 1.66. The number of amides is 1. The van der Waals surface area contributed by atoms with Gasteiger partial charge < -0.3 is 19.2 Å². The number of nitrogens with zero attached hydrogens (tertiary/aromatic N) is 2. The zero-order valence-corrected chi connectivity index (χ0v) is 16.3. The highest BCUT2D eigenvalue weighted by molar-refractivity contribution is 5.82. The molecule has 0 fully saturated rings. The van der Waals surface area contributed by atoms with Crippen LogP contribution in [-0.2, 0) is 17.9 Å². The number of methoxy groups -OCH3 is 1. The molecule has 1 amide bonds. The number of carbonyl (C=O) groups is 1. The van der Waals surface area contributed by atoms with Crippen molar-refractivity contribution in [1.29, 1.82) is 0 Å². The lowest BCUT2D eigenvalue weighted by Crippen LogP contribution is -2.28. The zero-order chi connectivity index (χ0) is 20.2. The van der Waals surface area contributed by atoms with Gasteiger partial charge in [-0.1, -0.05) is 12.1 Å². The summed E-state index contributed by atoms with van der Waals surface area (Å²) in [5.74, 6) is 0.824. The molecule has 0 unspecified atom stereocenters. The molecule has 0 atom stereocenters. The lowest BCUT2D eigenvalue weighted by molar-refractivity contribution is -0.121. The van der Waals surface area contributed by atoms with Gasteiger partial charge in [-0.3, -0.25) is 9.59 Å². The van der Waals surface area contributed by atoms with Crippen LogP contribution in [0.25, 0.3) is 21.8 Å². The Labute approximate surface area is 168 Å². The highest BCUT2D eigenvalue weighted by Crippen LogP contribution is 2.21. The van der Waals surface area contributed by atoms with E-state index in [9.17, 15) is 9.59 Å². The number of rotatable bonds is 7. The molecule has 0 spiro atoms. The van der Waals surface area contributed by atoms with E-state index in [2.05, 4.69) is 9.88 Å². The topological polar surface area (TPSA) is 65.3 Å². The molecule has 2 aromatic heterocycles. The number of hydrogen-bond donors (Lipinski definition) is 1. The summed E-state index contributed by atoms with van der Waals surface area (Å²) in [6, 6.07) is 17.0. The molecule has 0 aliphatic carbocycles. The molecule has 148 valence electrons. The van der Waals surface area contributed by atoms with Gasteiger partial charge in [-0.05, 0) is 36.4 Å². The first-order valence-corrected chi connectivity index (χ1v) is 9.63. The van der Waals surface area contributed by atoms with E-state index in [1.54, 1.807) is 19.4 Å². The van der Waals surface area contributed by atoms with E-state index in [0.29, 0.717) is 31.4 Å². The van der Waals surface area contributed by atoms with Crippen LogP contribution in [0.5, 0.6) is 5.75 Å². The maximum atomic E-state index is 12.3.